The quantitative estimate of drug-likeness (QED) is 0.610. The summed E-state index contributed by atoms with van der Waals surface area (Å²) in [6.07, 6.45) is 4.21. The molecule has 29 heavy (non-hydrogen) atoms. The fourth-order valence-corrected chi connectivity index (χ4v) is 3.99. The van der Waals surface area contributed by atoms with Crippen LogP contribution in [0.1, 0.15) is 49.1 Å². The highest BCUT2D eigenvalue weighted by molar-refractivity contribution is 6.00. The maximum Gasteiger partial charge on any atom is 0.323 e. The zero-order chi connectivity index (χ0) is 20.8. The number of ether oxygens (including phenoxy) is 1. The Bertz CT molecular complexity index is 856. The first-order valence-electron chi connectivity index (χ1n) is 9.99. The number of methoxy groups -OCH3 is 1. The Morgan fingerprint density at radius 3 is 2.34 bits per heavy atom. The van der Waals surface area contributed by atoms with Gasteiger partial charge in [0.15, 0.2) is 0 Å². The lowest BCUT2D eigenvalue weighted by Crippen LogP contribution is -2.20. The summed E-state index contributed by atoms with van der Waals surface area (Å²) in [5, 5.41) is 14.6. The van der Waals surface area contributed by atoms with Crippen molar-refractivity contribution >= 4 is 23.4 Å². The zero-order valence-corrected chi connectivity index (χ0v) is 16.9. The Morgan fingerprint density at radius 1 is 1.03 bits per heavy atom. The number of aliphatic carboxylic acids is 1. The van der Waals surface area contributed by atoms with Crippen molar-refractivity contribution in [2.75, 3.05) is 17.7 Å². The molecule has 0 saturated heterocycles. The van der Waals surface area contributed by atoms with E-state index in [1.165, 1.54) is 5.56 Å². The largest absolute Gasteiger partial charge is 0.495 e. The van der Waals surface area contributed by atoms with Gasteiger partial charge >= 0.3 is 12.0 Å². The third-order valence-corrected chi connectivity index (χ3v) is 5.55. The van der Waals surface area contributed by atoms with E-state index in [9.17, 15) is 9.59 Å². The van der Waals surface area contributed by atoms with E-state index in [4.69, 9.17) is 9.84 Å². The smallest absolute Gasteiger partial charge is 0.323 e. The fourth-order valence-electron chi connectivity index (χ4n) is 3.99. The van der Waals surface area contributed by atoms with E-state index in [2.05, 4.69) is 10.6 Å². The molecule has 0 bridgehead atoms. The summed E-state index contributed by atoms with van der Waals surface area (Å²) in [4.78, 5) is 23.2. The van der Waals surface area contributed by atoms with Gasteiger partial charge in [0.05, 0.1) is 12.8 Å². The molecule has 0 aliphatic heterocycles. The van der Waals surface area contributed by atoms with Gasteiger partial charge in [-0.25, -0.2) is 4.79 Å². The first kappa shape index (κ1) is 20.7. The van der Waals surface area contributed by atoms with Crippen LogP contribution in [0, 0.1) is 12.8 Å². The molecule has 6 nitrogen and oxygen atoms in total. The standard InChI is InChI=1S/C23H28N2O4/c1-15-3-12-21(29-2)20(13-15)25-23(28)24-19-10-8-18(9-11-19)17-6-4-16(5-7-17)14-22(26)27/h3,8-13,16-17H,4-7,14H2,1-2H3,(H,26,27)(H2,24,25,28). The first-order valence-corrected chi connectivity index (χ1v) is 9.99. The van der Waals surface area contributed by atoms with Gasteiger partial charge in [-0.05, 0) is 79.8 Å². The maximum absolute atomic E-state index is 12.3. The average Bonchev–Trinajstić information content (AvgIpc) is 2.69. The SMILES string of the molecule is COc1ccc(C)cc1NC(=O)Nc1ccc(C2CCC(CC(=O)O)CC2)cc1. The predicted octanol–water partition coefficient (Wildman–Crippen LogP) is 5.40. The van der Waals surface area contributed by atoms with Crippen molar-refractivity contribution in [3.63, 3.8) is 0 Å². The van der Waals surface area contributed by atoms with E-state index >= 15 is 0 Å². The molecule has 3 rings (SSSR count). The zero-order valence-electron chi connectivity index (χ0n) is 16.9. The molecule has 0 radical (unpaired) electrons. The Hall–Kier alpha value is -3.02. The van der Waals surface area contributed by atoms with Gasteiger partial charge in [-0.15, -0.1) is 0 Å². The molecule has 2 aromatic carbocycles. The number of anilines is 2. The van der Waals surface area contributed by atoms with E-state index in [0.29, 0.717) is 23.3 Å². The number of urea groups is 1. The lowest BCUT2D eigenvalue weighted by atomic mass is 9.77. The van der Waals surface area contributed by atoms with Crippen molar-refractivity contribution in [1.82, 2.24) is 0 Å². The van der Waals surface area contributed by atoms with Crippen LogP contribution >= 0.6 is 0 Å². The fraction of sp³-hybridized carbons (Fsp3) is 0.391. The highest BCUT2D eigenvalue weighted by Gasteiger charge is 2.23. The second kappa shape index (κ2) is 9.45. The maximum atomic E-state index is 12.3. The van der Waals surface area contributed by atoms with Crippen molar-refractivity contribution < 1.29 is 19.4 Å². The van der Waals surface area contributed by atoms with Gasteiger partial charge in [-0.1, -0.05) is 18.2 Å². The third kappa shape index (κ3) is 5.73. The number of carboxylic acids is 1. The van der Waals surface area contributed by atoms with Crippen molar-refractivity contribution in [3.8, 4) is 5.75 Å². The summed E-state index contributed by atoms with van der Waals surface area (Å²) >= 11 is 0. The molecule has 2 aromatic rings. The van der Waals surface area contributed by atoms with Gasteiger partial charge in [0.25, 0.3) is 0 Å². The van der Waals surface area contributed by atoms with Gasteiger partial charge in [-0.2, -0.15) is 0 Å². The second-order valence-corrected chi connectivity index (χ2v) is 7.72. The molecule has 0 unspecified atom stereocenters. The molecule has 2 amide bonds. The number of nitrogens with one attached hydrogen (secondary N) is 2. The van der Waals surface area contributed by atoms with Crippen molar-refractivity contribution in [1.29, 1.82) is 0 Å². The minimum atomic E-state index is -0.703. The van der Waals surface area contributed by atoms with Crippen LogP contribution < -0.4 is 15.4 Å². The molecule has 0 atom stereocenters. The van der Waals surface area contributed by atoms with Crippen LogP contribution in [0.4, 0.5) is 16.2 Å². The Labute approximate surface area is 171 Å². The Morgan fingerprint density at radius 2 is 1.72 bits per heavy atom. The van der Waals surface area contributed by atoms with Gasteiger partial charge in [0.2, 0.25) is 0 Å². The first-order chi connectivity index (χ1) is 13.9. The molecule has 1 saturated carbocycles. The van der Waals surface area contributed by atoms with E-state index in [1.807, 2.05) is 49.4 Å². The van der Waals surface area contributed by atoms with Crippen LogP contribution in [0.3, 0.4) is 0 Å². The van der Waals surface area contributed by atoms with Gasteiger partial charge in [0.1, 0.15) is 5.75 Å². The van der Waals surface area contributed by atoms with E-state index in [1.54, 1.807) is 7.11 Å². The van der Waals surface area contributed by atoms with Gasteiger partial charge in [0, 0.05) is 12.1 Å². The molecule has 1 fully saturated rings. The highest BCUT2D eigenvalue weighted by Crippen LogP contribution is 2.37. The van der Waals surface area contributed by atoms with Gasteiger partial charge < -0.3 is 20.5 Å². The van der Waals surface area contributed by atoms with E-state index in [-0.39, 0.29) is 12.5 Å². The minimum Gasteiger partial charge on any atom is -0.495 e. The number of benzene rings is 2. The monoisotopic (exact) mass is 396 g/mol. The summed E-state index contributed by atoms with van der Waals surface area (Å²) < 4.78 is 5.29. The number of hydrogen-bond donors (Lipinski definition) is 3. The molecule has 3 N–H and O–H groups in total. The molecular formula is C23H28N2O4. The molecule has 154 valence electrons. The van der Waals surface area contributed by atoms with Crippen LogP contribution in [0.5, 0.6) is 5.75 Å². The van der Waals surface area contributed by atoms with Crippen LogP contribution in [0.25, 0.3) is 0 Å². The highest BCUT2D eigenvalue weighted by atomic mass is 16.5. The van der Waals surface area contributed by atoms with Crippen molar-refractivity contribution in [3.05, 3.63) is 53.6 Å². The van der Waals surface area contributed by atoms with Crippen LogP contribution in [-0.2, 0) is 4.79 Å². The van der Waals surface area contributed by atoms with E-state index in [0.717, 1.165) is 36.9 Å². The average molecular weight is 396 g/mol. The summed E-state index contributed by atoms with van der Waals surface area (Å²) in [6.45, 7) is 1.95. The molecule has 1 aliphatic carbocycles. The van der Waals surface area contributed by atoms with Gasteiger partial charge in [-0.3, -0.25) is 4.79 Å². The molecule has 0 spiro atoms. The van der Waals surface area contributed by atoms with Crippen LogP contribution in [-0.4, -0.2) is 24.2 Å². The number of carbonyl (C=O) groups is 2. The number of carboxylic acid groups (broad SMARTS) is 1. The van der Waals surface area contributed by atoms with Crippen molar-refractivity contribution in [2.24, 2.45) is 5.92 Å². The van der Waals surface area contributed by atoms with Crippen LogP contribution in [0.2, 0.25) is 0 Å². The number of amides is 2. The Kier molecular flexibility index (Phi) is 6.75. The second-order valence-electron chi connectivity index (χ2n) is 7.72. The normalized spacial score (nSPS) is 18.7. The lowest BCUT2D eigenvalue weighted by Gasteiger charge is -2.28. The number of rotatable bonds is 6. The lowest BCUT2D eigenvalue weighted by molar-refractivity contribution is -0.138. The molecule has 1 aliphatic rings. The summed E-state index contributed by atoms with van der Waals surface area (Å²) in [5.41, 5.74) is 3.62. The topological polar surface area (TPSA) is 87.7 Å². The van der Waals surface area contributed by atoms with Crippen molar-refractivity contribution in [2.45, 2.75) is 44.9 Å². The summed E-state index contributed by atoms with van der Waals surface area (Å²) in [6, 6.07) is 13.2. The predicted molar refractivity (Wildman–Crippen MR) is 114 cm³/mol. The summed E-state index contributed by atoms with van der Waals surface area (Å²) in [7, 11) is 1.57. The summed E-state index contributed by atoms with van der Waals surface area (Å²) in [5.74, 6) is 0.663. The number of hydrogen-bond acceptors (Lipinski definition) is 3. The molecule has 0 heterocycles. The number of aryl methyl sites for hydroxylation is 1. The van der Waals surface area contributed by atoms with E-state index < -0.39 is 5.97 Å². The number of carbonyl (C=O) groups excluding carboxylic acids is 1. The molecule has 0 aromatic heterocycles. The molecule has 6 heteroatoms. The third-order valence-electron chi connectivity index (χ3n) is 5.55. The molecular weight excluding hydrogens is 368 g/mol. The Balaban J connectivity index is 1.55. The minimum absolute atomic E-state index is 0.274. The van der Waals surface area contributed by atoms with Crippen LogP contribution in [0.15, 0.2) is 42.5 Å².